The number of pyridine rings is 1. The third-order valence-electron chi connectivity index (χ3n) is 6.08. The molecule has 0 amide bonds. The number of likely N-dealkylation sites (N-methyl/N-ethyl adjacent to an activating group) is 1. The van der Waals surface area contributed by atoms with Crippen LogP contribution in [0.15, 0.2) is 47.5 Å². The van der Waals surface area contributed by atoms with Gasteiger partial charge in [0.1, 0.15) is 16.5 Å². The Kier molecular flexibility index (Phi) is 6.64. The van der Waals surface area contributed by atoms with E-state index in [-0.39, 0.29) is 4.90 Å². The first-order valence-corrected chi connectivity index (χ1v) is 12.2. The Balaban J connectivity index is 1.41. The predicted molar refractivity (Wildman–Crippen MR) is 123 cm³/mol. The molecule has 0 spiro atoms. The molecule has 2 saturated heterocycles. The van der Waals surface area contributed by atoms with Gasteiger partial charge in [0.2, 0.25) is 10.0 Å². The Morgan fingerprint density at radius 3 is 2.16 bits per heavy atom. The topological polar surface area (TPSA) is 69.2 Å². The molecule has 0 aliphatic carbocycles. The summed E-state index contributed by atoms with van der Waals surface area (Å²) in [5.74, 6) is 1.69. The van der Waals surface area contributed by atoms with E-state index in [4.69, 9.17) is 4.74 Å². The van der Waals surface area contributed by atoms with Gasteiger partial charge in [-0.25, -0.2) is 13.4 Å². The Labute approximate surface area is 185 Å². The summed E-state index contributed by atoms with van der Waals surface area (Å²) >= 11 is 0. The fraction of sp³-hybridized carbons (Fsp3) is 0.500. The zero-order valence-electron chi connectivity index (χ0n) is 18.3. The minimum absolute atomic E-state index is 0.274. The summed E-state index contributed by atoms with van der Waals surface area (Å²) in [7, 11) is 0.202. The molecule has 31 heavy (non-hydrogen) atoms. The normalized spacial score (nSPS) is 19.3. The number of rotatable bonds is 5. The van der Waals surface area contributed by atoms with Crippen LogP contribution in [0.2, 0.25) is 0 Å². The number of aromatic nitrogens is 1. The number of piperazine rings is 1. The molecule has 3 heterocycles. The van der Waals surface area contributed by atoms with Gasteiger partial charge in [0.25, 0.3) is 0 Å². The van der Waals surface area contributed by atoms with Gasteiger partial charge in [-0.3, -0.25) is 0 Å². The lowest BCUT2D eigenvalue weighted by Gasteiger charge is -2.31. The molecule has 4 rings (SSSR count). The molecule has 0 bridgehead atoms. The van der Waals surface area contributed by atoms with Crippen LogP contribution in [-0.2, 0) is 10.0 Å². The van der Waals surface area contributed by atoms with Gasteiger partial charge in [0, 0.05) is 64.2 Å². The lowest BCUT2D eigenvalue weighted by atomic mass is 10.2. The smallest absolute Gasteiger partial charge is 0.244 e. The van der Waals surface area contributed by atoms with Crippen LogP contribution in [-0.4, -0.2) is 89.1 Å². The highest BCUT2D eigenvalue weighted by molar-refractivity contribution is 7.89. The average Bonchev–Trinajstić information content (AvgIpc) is 3.06. The third kappa shape index (κ3) is 4.94. The van der Waals surface area contributed by atoms with Crippen molar-refractivity contribution in [2.24, 2.45) is 0 Å². The van der Waals surface area contributed by atoms with Crippen LogP contribution in [0.1, 0.15) is 6.42 Å². The van der Waals surface area contributed by atoms with Crippen molar-refractivity contribution in [1.82, 2.24) is 14.2 Å². The highest BCUT2D eigenvalue weighted by atomic mass is 32.2. The van der Waals surface area contributed by atoms with Crippen LogP contribution in [0.4, 0.5) is 11.5 Å². The van der Waals surface area contributed by atoms with E-state index in [9.17, 15) is 8.42 Å². The summed E-state index contributed by atoms with van der Waals surface area (Å²) in [5, 5.41) is 0. The molecule has 2 aliphatic rings. The first kappa shape index (κ1) is 21.9. The van der Waals surface area contributed by atoms with Gasteiger partial charge < -0.3 is 19.4 Å². The number of nitrogens with zero attached hydrogens (tertiary/aromatic N) is 5. The van der Waals surface area contributed by atoms with Crippen molar-refractivity contribution >= 4 is 21.5 Å². The van der Waals surface area contributed by atoms with Crippen molar-refractivity contribution < 1.29 is 13.2 Å². The van der Waals surface area contributed by atoms with Gasteiger partial charge in [0.05, 0.1) is 7.11 Å². The second-order valence-electron chi connectivity index (χ2n) is 8.09. The SMILES string of the molecule is COc1ccc(N2CCCN(c3ccc(S(=O)(=O)N4CCN(C)CC4)cn3)CC2)cc1. The van der Waals surface area contributed by atoms with Gasteiger partial charge in [-0.15, -0.1) is 0 Å². The van der Waals surface area contributed by atoms with Gasteiger partial charge in [0.15, 0.2) is 0 Å². The van der Waals surface area contributed by atoms with E-state index in [1.54, 1.807) is 17.5 Å². The lowest BCUT2D eigenvalue weighted by molar-refractivity contribution is 0.222. The molecule has 2 aliphatic heterocycles. The predicted octanol–water partition coefficient (Wildman–Crippen LogP) is 1.74. The van der Waals surface area contributed by atoms with Crippen molar-refractivity contribution in [1.29, 1.82) is 0 Å². The van der Waals surface area contributed by atoms with Crippen LogP contribution in [0, 0.1) is 0 Å². The zero-order valence-corrected chi connectivity index (χ0v) is 19.1. The molecule has 9 heteroatoms. The second kappa shape index (κ2) is 9.42. The van der Waals surface area contributed by atoms with Gasteiger partial charge in [-0.05, 0) is 49.9 Å². The Hall–Kier alpha value is -2.36. The molecule has 168 valence electrons. The maximum atomic E-state index is 12.9. The van der Waals surface area contributed by atoms with Gasteiger partial charge in [-0.2, -0.15) is 4.31 Å². The van der Waals surface area contributed by atoms with E-state index in [0.717, 1.165) is 57.3 Å². The summed E-state index contributed by atoms with van der Waals surface area (Å²) < 4.78 is 32.6. The molecule has 0 N–H and O–H groups in total. The van der Waals surface area contributed by atoms with Gasteiger partial charge >= 0.3 is 0 Å². The minimum Gasteiger partial charge on any atom is -0.497 e. The third-order valence-corrected chi connectivity index (χ3v) is 7.96. The van der Waals surface area contributed by atoms with Crippen molar-refractivity contribution in [3.8, 4) is 5.75 Å². The van der Waals surface area contributed by atoms with E-state index in [2.05, 4.69) is 31.8 Å². The first-order chi connectivity index (χ1) is 15.0. The fourth-order valence-electron chi connectivity index (χ4n) is 4.09. The van der Waals surface area contributed by atoms with E-state index in [1.807, 2.05) is 25.2 Å². The van der Waals surface area contributed by atoms with E-state index < -0.39 is 10.0 Å². The van der Waals surface area contributed by atoms with Crippen LogP contribution in [0.5, 0.6) is 5.75 Å². The van der Waals surface area contributed by atoms with Crippen molar-refractivity contribution in [3.63, 3.8) is 0 Å². The molecule has 0 saturated carbocycles. The number of hydrogen-bond donors (Lipinski definition) is 0. The summed E-state index contributed by atoms with van der Waals surface area (Å²) in [6.45, 7) is 6.14. The minimum atomic E-state index is -3.48. The van der Waals surface area contributed by atoms with Crippen molar-refractivity contribution in [3.05, 3.63) is 42.6 Å². The largest absolute Gasteiger partial charge is 0.497 e. The quantitative estimate of drug-likeness (QED) is 0.694. The second-order valence-corrected chi connectivity index (χ2v) is 10.0. The number of benzene rings is 1. The van der Waals surface area contributed by atoms with E-state index in [0.29, 0.717) is 13.1 Å². The molecule has 0 radical (unpaired) electrons. The number of hydrogen-bond acceptors (Lipinski definition) is 7. The first-order valence-electron chi connectivity index (χ1n) is 10.8. The highest BCUT2D eigenvalue weighted by Gasteiger charge is 2.28. The van der Waals surface area contributed by atoms with Gasteiger partial charge in [-0.1, -0.05) is 0 Å². The average molecular weight is 446 g/mol. The Morgan fingerprint density at radius 1 is 0.839 bits per heavy atom. The molecular weight excluding hydrogens is 414 g/mol. The van der Waals surface area contributed by atoms with Crippen LogP contribution < -0.4 is 14.5 Å². The summed E-state index contributed by atoms with van der Waals surface area (Å²) in [5.41, 5.74) is 1.18. The Morgan fingerprint density at radius 2 is 1.52 bits per heavy atom. The van der Waals surface area contributed by atoms with E-state index >= 15 is 0 Å². The molecule has 0 unspecified atom stereocenters. The van der Waals surface area contributed by atoms with Crippen LogP contribution in [0.3, 0.4) is 0 Å². The highest BCUT2D eigenvalue weighted by Crippen LogP contribution is 2.23. The number of ether oxygens (including phenoxy) is 1. The molecule has 2 fully saturated rings. The molecule has 2 aromatic rings. The maximum Gasteiger partial charge on any atom is 0.244 e. The zero-order chi connectivity index (χ0) is 21.8. The Bertz CT molecular complexity index is 958. The monoisotopic (exact) mass is 445 g/mol. The number of anilines is 2. The standard InChI is InChI=1S/C22H31N5O3S/c1-24-12-16-27(17-13-24)31(28,29)21-8-9-22(23-18-21)26-11-3-10-25(14-15-26)19-4-6-20(30-2)7-5-19/h4-9,18H,3,10-17H2,1-2H3. The van der Waals surface area contributed by atoms with Crippen molar-refractivity contribution in [2.75, 3.05) is 76.3 Å². The molecular formula is C22H31N5O3S. The van der Waals surface area contributed by atoms with Crippen molar-refractivity contribution in [2.45, 2.75) is 11.3 Å². The lowest BCUT2D eigenvalue weighted by Crippen LogP contribution is -2.47. The maximum absolute atomic E-state index is 12.9. The molecule has 0 atom stereocenters. The molecule has 1 aromatic heterocycles. The van der Waals surface area contributed by atoms with E-state index in [1.165, 1.54) is 11.9 Å². The number of sulfonamides is 1. The van der Waals surface area contributed by atoms with Crippen LogP contribution >= 0.6 is 0 Å². The summed E-state index contributed by atoms with van der Waals surface area (Å²) in [4.78, 5) is 11.5. The summed E-state index contributed by atoms with van der Waals surface area (Å²) in [6.07, 6.45) is 2.52. The number of methoxy groups -OCH3 is 1. The molecule has 1 aromatic carbocycles. The summed E-state index contributed by atoms with van der Waals surface area (Å²) in [6, 6.07) is 11.7. The molecule has 8 nitrogen and oxygen atoms in total. The fourth-order valence-corrected chi connectivity index (χ4v) is 5.46. The van der Waals surface area contributed by atoms with Crippen LogP contribution in [0.25, 0.3) is 0 Å².